The first-order valence-electron chi connectivity index (χ1n) is 5.18. The SMILES string of the molecule is CC(C)CN(CC(F)(F)F)C(=O)c1ccsc1. The quantitative estimate of drug-likeness (QED) is 0.817. The maximum Gasteiger partial charge on any atom is 0.406 e. The van der Waals surface area contributed by atoms with Crippen LogP contribution in [0.1, 0.15) is 24.2 Å². The molecule has 0 aliphatic rings. The van der Waals surface area contributed by atoms with Crippen molar-refractivity contribution in [3.8, 4) is 0 Å². The van der Waals surface area contributed by atoms with Gasteiger partial charge in [0.2, 0.25) is 0 Å². The molecule has 0 bridgehead atoms. The highest BCUT2D eigenvalue weighted by Crippen LogP contribution is 2.19. The predicted octanol–water partition coefficient (Wildman–Crippen LogP) is 3.41. The van der Waals surface area contributed by atoms with Gasteiger partial charge in [-0.15, -0.1) is 0 Å². The van der Waals surface area contributed by atoms with Crippen LogP contribution in [-0.2, 0) is 0 Å². The van der Waals surface area contributed by atoms with E-state index >= 15 is 0 Å². The van der Waals surface area contributed by atoms with Crippen molar-refractivity contribution < 1.29 is 18.0 Å². The summed E-state index contributed by atoms with van der Waals surface area (Å²) in [6, 6.07) is 1.54. The summed E-state index contributed by atoms with van der Waals surface area (Å²) in [6.45, 7) is 2.47. The third-order valence-electron chi connectivity index (χ3n) is 2.01. The molecule has 6 heteroatoms. The fraction of sp³-hybridized carbons (Fsp3) is 0.545. The van der Waals surface area contributed by atoms with Crippen molar-refractivity contribution >= 4 is 17.2 Å². The van der Waals surface area contributed by atoms with E-state index in [2.05, 4.69) is 0 Å². The molecule has 0 aromatic carbocycles. The molecule has 0 N–H and O–H groups in total. The van der Waals surface area contributed by atoms with E-state index < -0.39 is 18.6 Å². The molecule has 0 aliphatic heterocycles. The van der Waals surface area contributed by atoms with E-state index in [1.807, 2.05) is 0 Å². The Kier molecular flexibility index (Phi) is 4.56. The molecular weight excluding hydrogens is 251 g/mol. The first-order chi connectivity index (χ1) is 7.79. The lowest BCUT2D eigenvalue weighted by atomic mass is 10.2. The van der Waals surface area contributed by atoms with Gasteiger partial charge in [-0.25, -0.2) is 0 Å². The van der Waals surface area contributed by atoms with Crippen molar-refractivity contribution in [1.82, 2.24) is 4.90 Å². The first-order valence-corrected chi connectivity index (χ1v) is 6.12. The lowest BCUT2D eigenvalue weighted by Crippen LogP contribution is -2.40. The summed E-state index contributed by atoms with van der Waals surface area (Å²) in [4.78, 5) is 12.7. The molecule has 0 unspecified atom stereocenters. The summed E-state index contributed by atoms with van der Waals surface area (Å²) in [5.74, 6) is -0.558. The third kappa shape index (κ3) is 4.77. The zero-order valence-corrected chi connectivity index (χ0v) is 10.4. The molecule has 1 aromatic rings. The normalized spacial score (nSPS) is 11.9. The van der Waals surface area contributed by atoms with E-state index in [0.29, 0.717) is 5.56 Å². The number of rotatable bonds is 4. The van der Waals surface area contributed by atoms with Crippen LogP contribution in [0.5, 0.6) is 0 Å². The van der Waals surface area contributed by atoms with E-state index in [4.69, 9.17) is 0 Å². The lowest BCUT2D eigenvalue weighted by Gasteiger charge is -2.25. The number of alkyl halides is 3. The number of nitrogens with zero attached hydrogens (tertiary/aromatic N) is 1. The molecular formula is C11H14F3NOS. The number of thiophene rings is 1. The Balaban J connectivity index is 2.79. The zero-order valence-electron chi connectivity index (χ0n) is 9.62. The van der Waals surface area contributed by atoms with Crippen LogP contribution in [-0.4, -0.2) is 30.1 Å². The van der Waals surface area contributed by atoms with E-state index in [-0.39, 0.29) is 12.5 Å². The van der Waals surface area contributed by atoms with Crippen LogP contribution in [0.25, 0.3) is 0 Å². The molecule has 0 spiro atoms. The van der Waals surface area contributed by atoms with Crippen molar-refractivity contribution in [3.63, 3.8) is 0 Å². The van der Waals surface area contributed by atoms with E-state index in [1.165, 1.54) is 17.4 Å². The van der Waals surface area contributed by atoms with Crippen LogP contribution in [0.15, 0.2) is 16.8 Å². The Labute approximate surface area is 102 Å². The van der Waals surface area contributed by atoms with Crippen LogP contribution in [0.4, 0.5) is 13.2 Å². The Bertz CT molecular complexity index is 359. The summed E-state index contributed by atoms with van der Waals surface area (Å²) in [6.07, 6.45) is -4.36. The molecule has 1 aromatic heterocycles. The van der Waals surface area contributed by atoms with Gasteiger partial charge in [-0.05, 0) is 17.4 Å². The summed E-state index contributed by atoms with van der Waals surface area (Å²) in [7, 11) is 0. The van der Waals surface area contributed by atoms with Crippen molar-refractivity contribution in [2.75, 3.05) is 13.1 Å². The molecule has 1 heterocycles. The Morgan fingerprint density at radius 2 is 2.12 bits per heavy atom. The Morgan fingerprint density at radius 3 is 2.53 bits per heavy atom. The number of carbonyl (C=O) groups is 1. The predicted molar refractivity (Wildman–Crippen MR) is 61.1 cm³/mol. The van der Waals surface area contributed by atoms with Crippen LogP contribution in [0, 0.1) is 5.92 Å². The monoisotopic (exact) mass is 265 g/mol. The van der Waals surface area contributed by atoms with Gasteiger partial charge < -0.3 is 4.90 Å². The van der Waals surface area contributed by atoms with Crippen LogP contribution in [0.2, 0.25) is 0 Å². The van der Waals surface area contributed by atoms with Crippen molar-refractivity contribution in [3.05, 3.63) is 22.4 Å². The van der Waals surface area contributed by atoms with Crippen LogP contribution < -0.4 is 0 Å². The number of halogens is 3. The largest absolute Gasteiger partial charge is 0.406 e. The molecule has 0 fully saturated rings. The molecule has 0 aliphatic carbocycles. The molecule has 0 radical (unpaired) electrons. The summed E-state index contributed by atoms with van der Waals surface area (Å²) in [5, 5.41) is 3.24. The highest BCUT2D eigenvalue weighted by Gasteiger charge is 2.33. The number of amides is 1. The van der Waals surface area contributed by atoms with Gasteiger partial charge in [-0.3, -0.25) is 4.79 Å². The topological polar surface area (TPSA) is 20.3 Å². The maximum absolute atomic E-state index is 12.4. The second-order valence-electron chi connectivity index (χ2n) is 4.21. The Hall–Kier alpha value is -1.04. The minimum absolute atomic E-state index is 0.0000595. The highest BCUT2D eigenvalue weighted by atomic mass is 32.1. The number of hydrogen-bond donors (Lipinski definition) is 0. The van der Waals surface area contributed by atoms with E-state index in [0.717, 1.165) is 4.90 Å². The van der Waals surface area contributed by atoms with E-state index in [9.17, 15) is 18.0 Å². The molecule has 17 heavy (non-hydrogen) atoms. The van der Waals surface area contributed by atoms with Gasteiger partial charge in [0.25, 0.3) is 5.91 Å². The van der Waals surface area contributed by atoms with Gasteiger partial charge in [0.1, 0.15) is 6.54 Å². The molecule has 0 saturated heterocycles. The van der Waals surface area contributed by atoms with Gasteiger partial charge in [-0.2, -0.15) is 24.5 Å². The summed E-state index contributed by atoms with van der Waals surface area (Å²) < 4.78 is 37.1. The number of hydrogen-bond acceptors (Lipinski definition) is 2. The maximum atomic E-state index is 12.4. The van der Waals surface area contributed by atoms with Gasteiger partial charge in [0.05, 0.1) is 5.56 Å². The zero-order chi connectivity index (χ0) is 13.1. The molecule has 1 amide bonds. The van der Waals surface area contributed by atoms with Gasteiger partial charge in [-0.1, -0.05) is 13.8 Å². The van der Waals surface area contributed by atoms with Crippen molar-refractivity contribution in [1.29, 1.82) is 0 Å². The average Bonchev–Trinajstić information content (AvgIpc) is 2.65. The van der Waals surface area contributed by atoms with Crippen molar-refractivity contribution in [2.45, 2.75) is 20.0 Å². The molecule has 96 valence electrons. The standard InChI is InChI=1S/C11H14F3NOS/c1-8(2)5-15(7-11(12,13)14)10(16)9-3-4-17-6-9/h3-4,6,8H,5,7H2,1-2H3. The minimum atomic E-state index is -4.36. The highest BCUT2D eigenvalue weighted by molar-refractivity contribution is 7.08. The van der Waals surface area contributed by atoms with Gasteiger partial charge >= 0.3 is 6.18 Å². The second kappa shape index (κ2) is 5.53. The van der Waals surface area contributed by atoms with Gasteiger partial charge in [0, 0.05) is 11.9 Å². The number of carbonyl (C=O) groups excluding carboxylic acids is 1. The first kappa shape index (κ1) is 14.0. The fourth-order valence-electron chi connectivity index (χ4n) is 1.45. The second-order valence-corrected chi connectivity index (χ2v) is 4.99. The molecule has 0 atom stereocenters. The third-order valence-corrected chi connectivity index (χ3v) is 2.69. The lowest BCUT2D eigenvalue weighted by molar-refractivity contribution is -0.141. The fourth-order valence-corrected chi connectivity index (χ4v) is 2.07. The summed E-state index contributed by atoms with van der Waals surface area (Å²) >= 11 is 1.29. The van der Waals surface area contributed by atoms with Crippen LogP contribution in [0.3, 0.4) is 0 Å². The smallest absolute Gasteiger partial charge is 0.329 e. The molecule has 1 rings (SSSR count). The van der Waals surface area contributed by atoms with Crippen molar-refractivity contribution in [2.24, 2.45) is 5.92 Å². The average molecular weight is 265 g/mol. The van der Waals surface area contributed by atoms with E-state index in [1.54, 1.807) is 24.6 Å². The Morgan fingerprint density at radius 1 is 1.47 bits per heavy atom. The van der Waals surface area contributed by atoms with Crippen LogP contribution >= 0.6 is 11.3 Å². The summed E-state index contributed by atoms with van der Waals surface area (Å²) in [5.41, 5.74) is 0.319. The molecule has 0 saturated carbocycles. The minimum Gasteiger partial charge on any atom is -0.329 e. The molecule has 2 nitrogen and oxygen atoms in total. The van der Waals surface area contributed by atoms with Gasteiger partial charge in [0.15, 0.2) is 0 Å².